The summed E-state index contributed by atoms with van der Waals surface area (Å²) in [4.78, 5) is 20.0. The van der Waals surface area contributed by atoms with Gasteiger partial charge in [0, 0.05) is 40.5 Å². The number of phenolic OH excluding ortho intramolecular Hbond substituents is 1. The van der Waals surface area contributed by atoms with Crippen LogP contribution in [0, 0.1) is 6.92 Å². The predicted octanol–water partition coefficient (Wildman–Crippen LogP) is 7.37. The summed E-state index contributed by atoms with van der Waals surface area (Å²) in [7, 11) is 0. The number of hydrogen-bond acceptors (Lipinski definition) is 7. The van der Waals surface area contributed by atoms with Crippen molar-refractivity contribution in [2.24, 2.45) is 0 Å². The molecule has 1 fully saturated rings. The molecule has 3 heterocycles. The van der Waals surface area contributed by atoms with Gasteiger partial charge < -0.3 is 19.0 Å². The fraction of sp³-hybridized carbons (Fsp3) is 0.314. The lowest BCUT2D eigenvalue weighted by molar-refractivity contribution is 0.0526. The molecule has 0 aliphatic carbocycles. The van der Waals surface area contributed by atoms with Crippen LogP contribution in [0.15, 0.2) is 77.5 Å². The zero-order chi connectivity index (χ0) is 29.1. The Bertz CT molecular complexity index is 1690. The minimum Gasteiger partial charge on any atom is -0.507 e. The van der Waals surface area contributed by atoms with Gasteiger partial charge in [-0.1, -0.05) is 36.8 Å². The molecule has 7 heteroatoms. The third-order valence-corrected chi connectivity index (χ3v) is 8.13. The van der Waals surface area contributed by atoms with Crippen molar-refractivity contribution in [3.05, 3.63) is 101 Å². The summed E-state index contributed by atoms with van der Waals surface area (Å²) in [5, 5.41) is 14.1. The van der Waals surface area contributed by atoms with Gasteiger partial charge in [-0.2, -0.15) is 0 Å². The van der Waals surface area contributed by atoms with Crippen LogP contribution in [0.1, 0.15) is 65.0 Å². The number of carbonyl (C=O) groups excluding carboxylic acids is 1. The number of aromatic nitrogens is 1. The molecular formula is C35H36N2O5. The second kappa shape index (κ2) is 12.2. The number of likely N-dealkylation sites (tertiary alicyclic amines) is 1. The summed E-state index contributed by atoms with van der Waals surface area (Å²) in [6.45, 7) is 6.06. The van der Waals surface area contributed by atoms with E-state index in [1.165, 1.54) is 12.0 Å². The van der Waals surface area contributed by atoms with Gasteiger partial charge in [0.1, 0.15) is 28.4 Å². The third-order valence-electron chi connectivity index (χ3n) is 8.13. The van der Waals surface area contributed by atoms with Crippen molar-refractivity contribution in [3.63, 3.8) is 0 Å². The summed E-state index contributed by atoms with van der Waals surface area (Å²) < 4.78 is 18.0. The Hall–Kier alpha value is -4.36. The van der Waals surface area contributed by atoms with Gasteiger partial charge in [-0.15, -0.1) is 0 Å². The molecule has 0 radical (unpaired) electrons. The summed E-state index contributed by atoms with van der Waals surface area (Å²) in [6, 6.07) is 19.5. The van der Waals surface area contributed by atoms with Gasteiger partial charge in [-0.3, -0.25) is 9.88 Å². The molecule has 1 unspecified atom stereocenters. The molecule has 1 atom stereocenters. The van der Waals surface area contributed by atoms with Crippen LogP contribution >= 0.6 is 0 Å². The molecule has 7 nitrogen and oxygen atoms in total. The monoisotopic (exact) mass is 564 g/mol. The summed E-state index contributed by atoms with van der Waals surface area (Å²) in [5.41, 5.74) is 3.76. The highest BCUT2D eigenvalue weighted by Gasteiger charge is 2.34. The van der Waals surface area contributed by atoms with Crippen LogP contribution in [0.3, 0.4) is 0 Å². The Morgan fingerprint density at radius 1 is 1.02 bits per heavy atom. The van der Waals surface area contributed by atoms with E-state index in [0.717, 1.165) is 37.9 Å². The van der Waals surface area contributed by atoms with Crippen LogP contribution in [0.4, 0.5) is 0 Å². The standard InChI is InChI=1S/C35H36N2O5/c1-3-40-35(39)29-23(2)42-34-27-13-12-26(41-21-16-24-10-6-4-7-11-24)22-28(27)33(38)31(30(29)34)32(25-14-17-36-18-15-25)37-19-8-5-9-20-37/h4,6-7,10-15,17-18,22,32,38H,3,5,8-9,16,19-21H2,1-2H3. The number of esters is 1. The fourth-order valence-corrected chi connectivity index (χ4v) is 6.19. The predicted molar refractivity (Wildman–Crippen MR) is 163 cm³/mol. The van der Waals surface area contributed by atoms with Gasteiger partial charge in [0.2, 0.25) is 0 Å². The number of pyridine rings is 1. The maximum atomic E-state index is 13.4. The van der Waals surface area contributed by atoms with E-state index in [0.29, 0.717) is 51.0 Å². The van der Waals surface area contributed by atoms with Crippen molar-refractivity contribution in [2.45, 2.75) is 45.6 Å². The molecule has 42 heavy (non-hydrogen) atoms. The van der Waals surface area contributed by atoms with Crippen molar-refractivity contribution < 1.29 is 23.8 Å². The first-order valence-corrected chi connectivity index (χ1v) is 14.8. The molecule has 216 valence electrons. The number of benzene rings is 3. The Morgan fingerprint density at radius 2 is 1.79 bits per heavy atom. The van der Waals surface area contributed by atoms with E-state index in [2.05, 4.69) is 22.0 Å². The molecule has 0 spiro atoms. The molecule has 1 N–H and O–H groups in total. The molecule has 5 aromatic rings. The normalized spacial score (nSPS) is 14.7. The Labute approximate surface area is 245 Å². The molecule has 1 aliphatic rings. The summed E-state index contributed by atoms with van der Waals surface area (Å²) in [6.07, 6.45) is 7.61. The van der Waals surface area contributed by atoms with Gasteiger partial charge in [0.25, 0.3) is 0 Å². The Morgan fingerprint density at radius 3 is 2.52 bits per heavy atom. The molecule has 0 bridgehead atoms. The minimum absolute atomic E-state index is 0.116. The third kappa shape index (κ3) is 5.32. The number of rotatable bonds is 9. The lowest BCUT2D eigenvalue weighted by atomic mass is 9.88. The molecular weight excluding hydrogens is 528 g/mol. The molecule has 3 aromatic carbocycles. The number of phenols is 1. The van der Waals surface area contributed by atoms with E-state index < -0.39 is 5.97 Å². The molecule has 2 aromatic heterocycles. The largest absolute Gasteiger partial charge is 0.507 e. The topological polar surface area (TPSA) is 85.0 Å². The minimum atomic E-state index is -0.457. The van der Waals surface area contributed by atoms with E-state index in [9.17, 15) is 9.90 Å². The molecule has 1 saturated heterocycles. The number of nitrogens with zero attached hydrogens (tertiary/aromatic N) is 2. The zero-order valence-electron chi connectivity index (χ0n) is 24.1. The van der Waals surface area contributed by atoms with E-state index in [1.807, 2.05) is 48.5 Å². The fourth-order valence-electron chi connectivity index (χ4n) is 6.19. The van der Waals surface area contributed by atoms with Gasteiger partial charge in [-0.25, -0.2) is 4.79 Å². The van der Waals surface area contributed by atoms with Crippen molar-refractivity contribution in [2.75, 3.05) is 26.3 Å². The first-order valence-electron chi connectivity index (χ1n) is 14.8. The number of hydrogen-bond donors (Lipinski definition) is 1. The highest BCUT2D eigenvalue weighted by atomic mass is 16.5. The molecule has 6 rings (SSSR count). The molecule has 0 amide bonds. The quantitative estimate of drug-likeness (QED) is 0.187. The Balaban J connectivity index is 1.54. The first-order chi connectivity index (χ1) is 20.6. The number of ether oxygens (including phenoxy) is 2. The maximum Gasteiger partial charge on any atom is 0.342 e. The van der Waals surface area contributed by atoms with E-state index >= 15 is 0 Å². The molecule has 1 aliphatic heterocycles. The van der Waals surface area contributed by atoms with Gasteiger partial charge in [0.05, 0.1) is 19.3 Å². The number of aryl methyl sites for hydroxylation is 1. The van der Waals surface area contributed by atoms with E-state index in [1.54, 1.807) is 26.2 Å². The van der Waals surface area contributed by atoms with Crippen molar-refractivity contribution in [3.8, 4) is 11.5 Å². The van der Waals surface area contributed by atoms with Crippen LogP contribution in [-0.4, -0.2) is 47.3 Å². The lowest BCUT2D eigenvalue weighted by Crippen LogP contribution is -2.34. The number of piperidine rings is 1. The highest BCUT2D eigenvalue weighted by molar-refractivity contribution is 6.17. The smallest absolute Gasteiger partial charge is 0.342 e. The first kappa shape index (κ1) is 27.8. The van der Waals surface area contributed by atoms with Crippen molar-refractivity contribution in [1.29, 1.82) is 0 Å². The number of aromatic hydroxyl groups is 1. The highest BCUT2D eigenvalue weighted by Crippen LogP contribution is 2.48. The number of fused-ring (bicyclic) bond motifs is 3. The van der Waals surface area contributed by atoms with Crippen molar-refractivity contribution in [1.82, 2.24) is 9.88 Å². The number of carbonyl (C=O) groups is 1. The van der Waals surface area contributed by atoms with Crippen LogP contribution in [0.25, 0.3) is 21.7 Å². The van der Waals surface area contributed by atoms with Crippen LogP contribution in [0.5, 0.6) is 11.5 Å². The van der Waals surface area contributed by atoms with Crippen LogP contribution < -0.4 is 4.74 Å². The average Bonchev–Trinajstić information content (AvgIpc) is 3.37. The SMILES string of the molecule is CCOC(=O)c1c(C)oc2c1c(C(c1ccncc1)N1CCCCC1)c(O)c1cc(OCCc3ccccc3)ccc12. The van der Waals surface area contributed by atoms with Crippen LogP contribution in [-0.2, 0) is 11.2 Å². The van der Waals surface area contributed by atoms with E-state index in [4.69, 9.17) is 13.9 Å². The number of furan rings is 1. The summed E-state index contributed by atoms with van der Waals surface area (Å²) in [5.74, 6) is 0.782. The Kier molecular flexibility index (Phi) is 8.11. The van der Waals surface area contributed by atoms with Crippen molar-refractivity contribution >= 4 is 27.7 Å². The zero-order valence-corrected chi connectivity index (χ0v) is 24.1. The summed E-state index contributed by atoms with van der Waals surface area (Å²) >= 11 is 0. The van der Waals surface area contributed by atoms with Gasteiger partial charge in [0.15, 0.2) is 0 Å². The van der Waals surface area contributed by atoms with Gasteiger partial charge >= 0.3 is 5.97 Å². The van der Waals surface area contributed by atoms with Gasteiger partial charge in [-0.05, 0) is 81.2 Å². The maximum absolute atomic E-state index is 13.4. The lowest BCUT2D eigenvalue weighted by Gasteiger charge is -2.36. The van der Waals surface area contributed by atoms with Crippen LogP contribution in [0.2, 0.25) is 0 Å². The average molecular weight is 565 g/mol. The molecule has 0 saturated carbocycles. The second-order valence-electron chi connectivity index (χ2n) is 10.8. The second-order valence-corrected chi connectivity index (χ2v) is 10.8. The van der Waals surface area contributed by atoms with E-state index in [-0.39, 0.29) is 18.4 Å².